The zero-order chi connectivity index (χ0) is 21.1. The minimum absolute atomic E-state index is 0.0513. The van der Waals surface area contributed by atoms with E-state index in [2.05, 4.69) is 5.10 Å². The first-order chi connectivity index (χ1) is 13.7. The Bertz CT molecular complexity index is 1130. The van der Waals surface area contributed by atoms with Gasteiger partial charge in [-0.15, -0.1) is 5.10 Å². The third-order valence-corrected chi connectivity index (χ3v) is 4.48. The fourth-order valence-electron chi connectivity index (χ4n) is 2.77. The summed E-state index contributed by atoms with van der Waals surface area (Å²) in [5, 5.41) is 3.90. The molecule has 0 amide bonds. The number of aryl methyl sites for hydroxylation is 3. The number of benzene rings is 2. The number of nitrogens with zero attached hydrogens (tertiary/aromatic N) is 2. The molecule has 7 nitrogen and oxygen atoms in total. The molecule has 0 aliphatic carbocycles. The van der Waals surface area contributed by atoms with Crippen molar-refractivity contribution in [1.82, 2.24) is 9.78 Å². The van der Waals surface area contributed by atoms with Crippen LogP contribution in [0, 0.1) is 26.6 Å². The number of ketones is 1. The van der Waals surface area contributed by atoms with E-state index in [-0.39, 0.29) is 11.7 Å². The molecule has 1 aromatic heterocycles. The van der Waals surface area contributed by atoms with Crippen LogP contribution < -0.4 is 5.76 Å². The summed E-state index contributed by atoms with van der Waals surface area (Å²) in [6.07, 6.45) is 0. The second kappa shape index (κ2) is 8.22. The summed E-state index contributed by atoms with van der Waals surface area (Å²) in [6, 6.07) is 8.85. The normalized spacial score (nSPS) is 10.8. The van der Waals surface area contributed by atoms with Crippen LogP contribution in [0.3, 0.4) is 0 Å². The van der Waals surface area contributed by atoms with Gasteiger partial charge in [0.05, 0.1) is 0 Å². The Hall–Kier alpha value is -3.55. The van der Waals surface area contributed by atoms with E-state index in [1.165, 1.54) is 24.3 Å². The first kappa shape index (κ1) is 20.2. The van der Waals surface area contributed by atoms with Crippen molar-refractivity contribution in [3.05, 3.63) is 75.0 Å². The van der Waals surface area contributed by atoms with E-state index in [9.17, 15) is 18.8 Å². The molecule has 2 aromatic carbocycles. The number of hydrogen-bond donors (Lipinski definition) is 0. The summed E-state index contributed by atoms with van der Waals surface area (Å²) in [4.78, 5) is 36.3. The molecule has 0 fully saturated rings. The first-order valence-electron chi connectivity index (χ1n) is 8.85. The van der Waals surface area contributed by atoms with Gasteiger partial charge in [0.1, 0.15) is 12.4 Å². The molecule has 0 unspecified atom stereocenters. The van der Waals surface area contributed by atoms with E-state index in [0.717, 1.165) is 21.4 Å². The summed E-state index contributed by atoms with van der Waals surface area (Å²) < 4.78 is 23.7. The number of rotatable bonds is 6. The van der Waals surface area contributed by atoms with Gasteiger partial charge in [0, 0.05) is 11.1 Å². The Morgan fingerprint density at radius 3 is 2.41 bits per heavy atom. The standard InChI is InChI=1S/C21H19FN2O5/c1-12-8-14(3)17(9-13(12)2)18(25)11-28-19(26)10-24-21(27)29-20(23-24)15-4-6-16(22)7-5-15/h4-9H,10-11H2,1-3H3. The van der Waals surface area contributed by atoms with Gasteiger partial charge in [-0.25, -0.2) is 9.18 Å². The van der Waals surface area contributed by atoms with Crippen LogP contribution in [0.15, 0.2) is 45.6 Å². The maximum absolute atomic E-state index is 13.0. The van der Waals surface area contributed by atoms with Crippen LogP contribution in [0.2, 0.25) is 0 Å². The minimum Gasteiger partial charge on any atom is -0.456 e. The van der Waals surface area contributed by atoms with Crippen molar-refractivity contribution in [3.63, 3.8) is 0 Å². The smallest absolute Gasteiger partial charge is 0.437 e. The lowest BCUT2D eigenvalue weighted by Gasteiger charge is -2.09. The zero-order valence-corrected chi connectivity index (χ0v) is 16.2. The van der Waals surface area contributed by atoms with Gasteiger partial charge in [-0.05, 0) is 67.8 Å². The Kier molecular flexibility index (Phi) is 5.72. The molecule has 0 saturated heterocycles. The second-order valence-corrected chi connectivity index (χ2v) is 6.67. The first-order valence-corrected chi connectivity index (χ1v) is 8.85. The highest BCUT2D eigenvalue weighted by atomic mass is 19.1. The van der Waals surface area contributed by atoms with Crippen LogP contribution in [-0.4, -0.2) is 28.1 Å². The Balaban J connectivity index is 1.64. The second-order valence-electron chi connectivity index (χ2n) is 6.67. The van der Waals surface area contributed by atoms with Crippen LogP contribution in [0.1, 0.15) is 27.0 Å². The third kappa shape index (κ3) is 4.66. The number of hydrogen-bond acceptors (Lipinski definition) is 6. The highest BCUT2D eigenvalue weighted by Crippen LogP contribution is 2.17. The van der Waals surface area contributed by atoms with Gasteiger partial charge in [0.25, 0.3) is 0 Å². The molecule has 0 aliphatic rings. The maximum atomic E-state index is 13.0. The van der Waals surface area contributed by atoms with E-state index in [0.29, 0.717) is 11.1 Å². The Labute approximate surface area is 165 Å². The zero-order valence-electron chi connectivity index (χ0n) is 16.2. The van der Waals surface area contributed by atoms with Crippen molar-refractivity contribution in [2.45, 2.75) is 27.3 Å². The summed E-state index contributed by atoms with van der Waals surface area (Å²) >= 11 is 0. The summed E-state index contributed by atoms with van der Waals surface area (Å²) in [7, 11) is 0. The quantitative estimate of drug-likeness (QED) is 0.468. The van der Waals surface area contributed by atoms with Crippen LogP contribution in [-0.2, 0) is 16.1 Å². The Morgan fingerprint density at radius 2 is 1.72 bits per heavy atom. The van der Waals surface area contributed by atoms with E-state index in [1.807, 2.05) is 26.8 Å². The molecule has 3 aromatic rings. The molecule has 0 saturated carbocycles. The SMILES string of the molecule is Cc1cc(C)c(C(=O)COC(=O)Cn2nc(-c3ccc(F)cc3)oc2=O)cc1C. The van der Waals surface area contributed by atoms with Crippen LogP contribution in [0.25, 0.3) is 11.5 Å². The lowest BCUT2D eigenvalue weighted by Crippen LogP contribution is -2.25. The molecule has 0 aliphatic heterocycles. The van der Waals surface area contributed by atoms with Crippen molar-refractivity contribution < 1.29 is 23.1 Å². The largest absolute Gasteiger partial charge is 0.456 e. The molecule has 0 radical (unpaired) electrons. The van der Waals surface area contributed by atoms with Gasteiger partial charge < -0.3 is 9.15 Å². The number of Topliss-reactive ketones (excluding diaryl/α,β-unsaturated/α-hetero) is 1. The monoisotopic (exact) mass is 398 g/mol. The third-order valence-electron chi connectivity index (χ3n) is 4.48. The van der Waals surface area contributed by atoms with E-state index in [1.54, 1.807) is 6.07 Å². The van der Waals surface area contributed by atoms with Gasteiger partial charge in [-0.2, -0.15) is 4.68 Å². The molecule has 29 heavy (non-hydrogen) atoms. The van der Waals surface area contributed by atoms with Gasteiger partial charge in [0.15, 0.2) is 6.61 Å². The molecule has 1 heterocycles. The highest BCUT2D eigenvalue weighted by molar-refractivity contribution is 5.99. The molecule has 0 spiro atoms. The van der Waals surface area contributed by atoms with Crippen molar-refractivity contribution in [3.8, 4) is 11.5 Å². The Morgan fingerprint density at radius 1 is 1.07 bits per heavy atom. The predicted molar refractivity (Wildman–Crippen MR) is 102 cm³/mol. The number of ether oxygens (including phenoxy) is 1. The lowest BCUT2D eigenvalue weighted by molar-refractivity contribution is -0.143. The molecule has 0 N–H and O–H groups in total. The molecule has 0 atom stereocenters. The van der Waals surface area contributed by atoms with Crippen molar-refractivity contribution >= 4 is 11.8 Å². The van der Waals surface area contributed by atoms with Crippen molar-refractivity contribution in [2.75, 3.05) is 6.61 Å². The average molecular weight is 398 g/mol. The lowest BCUT2D eigenvalue weighted by atomic mass is 9.98. The molecule has 8 heteroatoms. The molecule has 0 bridgehead atoms. The number of aromatic nitrogens is 2. The van der Waals surface area contributed by atoms with Gasteiger partial charge >= 0.3 is 11.7 Å². The van der Waals surface area contributed by atoms with Crippen molar-refractivity contribution in [2.24, 2.45) is 0 Å². The van der Waals surface area contributed by atoms with Crippen molar-refractivity contribution in [1.29, 1.82) is 0 Å². The fraction of sp³-hybridized carbons (Fsp3) is 0.238. The van der Waals surface area contributed by atoms with E-state index in [4.69, 9.17) is 9.15 Å². The topological polar surface area (TPSA) is 91.4 Å². The molecular weight excluding hydrogens is 379 g/mol. The molecule has 150 valence electrons. The summed E-state index contributed by atoms with van der Waals surface area (Å²) in [6.45, 7) is 4.70. The van der Waals surface area contributed by atoms with Gasteiger partial charge in [-0.1, -0.05) is 6.07 Å². The summed E-state index contributed by atoms with van der Waals surface area (Å²) in [5.41, 5.74) is 3.70. The number of carbonyl (C=O) groups is 2. The van der Waals surface area contributed by atoms with Gasteiger partial charge in [0.2, 0.25) is 11.7 Å². The maximum Gasteiger partial charge on any atom is 0.437 e. The molecular formula is C21H19FN2O5. The number of halogens is 1. The van der Waals surface area contributed by atoms with Crippen LogP contribution in [0.4, 0.5) is 4.39 Å². The number of carbonyl (C=O) groups excluding carboxylic acids is 2. The van der Waals surface area contributed by atoms with E-state index >= 15 is 0 Å². The minimum atomic E-state index is -0.863. The average Bonchev–Trinajstić information content (AvgIpc) is 3.03. The van der Waals surface area contributed by atoms with Crippen LogP contribution in [0.5, 0.6) is 0 Å². The van der Waals surface area contributed by atoms with Gasteiger partial charge in [-0.3, -0.25) is 9.59 Å². The summed E-state index contributed by atoms with van der Waals surface area (Å²) in [5.74, 6) is -2.50. The highest BCUT2D eigenvalue weighted by Gasteiger charge is 2.17. The van der Waals surface area contributed by atoms with E-state index < -0.39 is 30.7 Å². The number of esters is 1. The van der Waals surface area contributed by atoms with Crippen LogP contribution >= 0.6 is 0 Å². The predicted octanol–water partition coefficient (Wildman–Crippen LogP) is 2.99. The fourth-order valence-corrected chi connectivity index (χ4v) is 2.77. The molecule has 3 rings (SSSR count).